The van der Waals surface area contributed by atoms with E-state index >= 15 is 0 Å². The summed E-state index contributed by atoms with van der Waals surface area (Å²) in [5.74, 6) is -1.07. The number of halogens is 2. The molecular weight excluding hydrogens is 369 g/mol. The van der Waals surface area contributed by atoms with Gasteiger partial charge in [-0.05, 0) is 31.2 Å². The standard InChI is InChI=1S/C16H13Cl2N3O4/c1-9(15(22)20-11-5-6-13(17)14(18)8-11)19-16(23)10-3-2-4-12(7-10)21(24)25/h2-9H,1H3,(H,19,23)(H,20,22). The fourth-order valence-corrected chi connectivity index (χ4v) is 2.23. The minimum absolute atomic E-state index is 0.0865. The van der Waals surface area contributed by atoms with Gasteiger partial charge in [0.25, 0.3) is 11.6 Å². The van der Waals surface area contributed by atoms with Gasteiger partial charge in [-0.3, -0.25) is 19.7 Å². The van der Waals surface area contributed by atoms with Gasteiger partial charge in [-0.2, -0.15) is 0 Å². The summed E-state index contributed by atoms with van der Waals surface area (Å²) in [7, 11) is 0. The van der Waals surface area contributed by atoms with E-state index in [1.165, 1.54) is 37.3 Å². The molecule has 2 amide bonds. The topological polar surface area (TPSA) is 101 Å². The minimum atomic E-state index is -0.874. The van der Waals surface area contributed by atoms with Crippen LogP contribution >= 0.6 is 23.2 Å². The summed E-state index contributed by atoms with van der Waals surface area (Å²) in [6.45, 7) is 1.49. The molecule has 0 aliphatic heterocycles. The summed E-state index contributed by atoms with van der Waals surface area (Å²) >= 11 is 11.7. The lowest BCUT2D eigenvalue weighted by Gasteiger charge is -2.14. The molecule has 0 fully saturated rings. The lowest BCUT2D eigenvalue weighted by molar-refractivity contribution is -0.384. The smallest absolute Gasteiger partial charge is 0.270 e. The van der Waals surface area contributed by atoms with Crippen molar-refractivity contribution in [2.45, 2.75) is 13.0 Å². The molecule has 1 unspecified atom stereocenters. The molecule has 25 heavy (non-hydrogen) atoms. The van der Waals surface area contributed by atoms with E-state index in [0.717, 1.165) is 6.07 Å². The normalized spacial score (nSPS) is 11.5. The van der Waals surface area contributed by atoms with E-state index < -0.39 is 22.8 Å². The monoisotopic (exact) mass is 381 g/mol. The minimum Gasteiger partial charge on any atom is -0.341 e. The molecule has 0 spiro atoms. The van der Waals surface area contributed by atoms with Crippen LogP contribution in [0.3, 0.4) is 0 Å². The number of nitro groups is 1. The van der Waals surface area contributed by atoms with Gasteiger partial charge in [-0.1, -0.05) is 29.3 Å². The predicted molar refractivity (Wildman–Crippen MR) is 95.1 cm³/mol. The van der Waals surface area contributed by atoms with E-state index in [4.69, 9.17) is 23.2 Å². The highest BCUT2D eigenvalue weighted by atomic mass is 35.5. The van der Waals surface area contributed by atoms with Gasteiger partial charge in [-0.25, -0.2) is 0 Å². The number of non-ortho nitro benzene ring substituents is 1. The average molecular weight is 382 g/mol. The summed E-state index contributed by atoms with van der Waals surface area (Å²) in [6, 6.07) is 8.95. The summed E-state index contributed by atoms with van der Waals surface area (Å²) in [5, 5.41) is 16.5. The van der Waals surface area contributed by atoms with Crippen molar-refractivity contribution in [3.05, 3.63) is 68.2 Å². The number of hydrogen-bond acceptors (Lipinski definition) is 4. The number of carbonyl (C=O) groups excluding carboxylic acids is 2. The van der Waals surface area contributed by atoms with Crippen LogP contribution in [-0.2, 0) is 4.79 Å². The van der Waals surface area contributed by atoms with Gasteiger partial charge >= 0.3 is 0 Å². The fourth-order valence-electron chi connectivity index (χ4n) is 1.93. The Balaban J connectivity index is 2.02. The maximum atomic E-state index is 12.1. The van der Waals surface area contributed by atoms with Crippen LogP contribution in [0.5, 0.6) is 0 Å². The number of carbonyl (C=O) groups is 2. The molecule has 2 N–H and O–H groups in total. The molecular formula is C16H13Cl2N3O4. The van der Waals surface area contributed by atoms with Crippen LogP contribution in [0.1, 0.15) is 17.3 Å². The van der Waals surface area contributed by atoms with Crippen molar-refractivity contribution in [2.75, 3.05) is 5.32 Å². The van der Waals surface area contributed by atoms with Gasteiger partial charge in [0.1, 0.15) is 6.04 Å². The molecule has 1 atom stereocenters. The van der Waals surface area contributed by atoms with E-state index in [1.807, 2.05) is 0 Å². The van der Waals surface area contributed by atoms with Crippen molar-refractivity contribution >= 4 is 46.4 Å². The lowest BCUT2D eigenvalue weighted by Crippen LogP contribution is -2.41. The van der Waals surface area contributed by atoms with E-state index in [2.05, 4.69) is 10.6 Å². The third-order valence-electron chi connectivity index (χ3n) is 3.25. The van der Waals surface area contributed by atoms with Crippen molar-refractivity contribution < 1.29 is 14.5 Å². The molecule has 9 heteroatoms. The highest BCUT2D eigenvalue weighted by Crippen LogP contribution is 2.25. The molecule has 0 saturated heterocycles. The Morgan fingerprint density at radius 2 is 1.84 bits per heavy atom. The first kappa shape index (κ1) is 18.7. The summed E-state index contributed by atoms with van der Waals surface area (Å²) in [6.07, 6.45) is 0. The molecule has 7 nitrogen and oxygen atoms in total. The van der Waals surface area contributed by atoms with Gasteiger partial charge in [0.05, 0.1) is 15.0 Å². The van der Waals surface area contributed by atoms with Crippen LogP contribution in [0, 0.1) is 10.1 Å². The first-order valence-corrected chi connectivity index (χ1v) is 7.84. The van der Waals surface area contributed by atoms with Gasteiger partial charge < -0.3 is 10.6 Å². The molecule has 0 aliphatic carbocycles. The SMILES string of the molecule is CC(NC(=O)c1cccc([N+](=O)[O-])c1)C(=O)Nc1ccc(Cl)c(Cl)c1. The number of rotatable bonds is 5. The number of hydrogen-bond donors (Lipinski definition) is 2. The van der Waals surface area contributed by atoms with Crippen molar-refractivity contribution in [3.63, 3.8) is 0 Å². The summed E-state index contributed by atoms with van der Waals surface area (Å²) < 4.78 is 0. The van der Waals surface area contributed by atoms with Gasteiger partial charge in [0.2, 0.25) is 5.91 Å². The first-order chi connectivity index (χ1) is 11.8. The Hall–Kier alpha value is -2.64. The molecule has 2 aromatic rings. The zero-order valence-corrected chi connectivity index (χ0v) is 14.5. The van der Waals surface area contributed by atoms with Crippen LogP contribution < -0.4 is 10.6 Å². The maximum Gasteiger partial charge on any atom is 0.270 e. The molecule has 2 rings (SSSR count). The number of nitro benzene ring substituents is 1. The van der Waals surface area contributed by atoms with Crippen LogP contribution in [0.25, 0.3) is 0 Å². The van der Waals surface area contributed by atoms with E-state index in [1.54, 1.807) is 6.07 Å². The largest absolute Gasteiger partial charge is 0.341 e. The highest BCUT2D eigenvalue weighted by molar-refractivity contribution is 6.42. The zero-order valence-electron chi connectivity index (χ0n) is 13.0. The number of benzene rings is 2. The number of anilines is 1. The van der Waals surface area contributed by atoms with Gasteiger partial charge in [0.15, 0.2) is 0 Å². The number of nitrogens with zero attached hydrogens (tertiary/aromatic N) is 1. The Bertz CT molecular complexity index is 842. The first-order valence-electron chi connectivity index (χ1n) is 7.09. The third-order valence-corrected chi connectivity index (χ3v) is 3.99. The molecule has 0 heterocycles. The van der Waals surface area contributed by atoms with Crippen LogP contribution in [0.4, 0.5) is 11.4 Å². The molecule has 2 aromatic carbocycles. The van der Waals surface area contributed by atoms with Gasteiger partial charge in [0, 0.05) is 23.4 Å². The quantitative estimate of drug-likeness (QED) is 0.609. The average Bonchev–Trinajstić information content (AvgIpc) is 2.58. The van der Waals surface area contributed by atoms with E-state index in [0.29, 0.717) is 10.7 Å². The molecule has 0 saturated carbocycles. The summed E-state index contributed by atoms with van der Waals surface area (Å²) in [4.78, 5) is 34.4. The fraction of sp³-hybridized carbons (Fsp3) is 0.125. The number of amides is 2. The number of nitrogens with one attached hydrogen (secondary N) is 2. The summed E-state index contributed by atoms with van der Waals surface area (Å²) in [5.41, 5.74) is 0.305. The van der Waals surface area contributed by atoms with Crippen LogP contribution in [0.15, 0.2) is 42.5 Å². The Morgan fingerprint density at radius 3 is 2.48 bits per heavy atom. The second-order valence-electron chi connectivity index (χ2n) is 5.12. The molecule has 0 aromatic heterocycles. The lowest BCUT2D eigenvalue weighted by atomic mass is 10.1. The Kier molecular flexibility index (Phi) is 5.95. The van der Waals surface area contributed by atoms with Crippen molar-refractivity contribution in [1.82, 2.24) is 5.32 Å². The third kappa shape index (κ3) is 4.91. The second-order valence-corrected chi connectivity index (χ2v) is 5.94. The van der Waals surface area contributed by atoms with Crippen molar-refractivity contribution in [3.8, 4) is 0 Å². The Labute approximate surface area is 153 Å². The molecule has 130 valence electrons. The van der Waals surface area contributed by atoms with E-state index in [9.17, 15) is 19.7 Å². The Morgan fingerprint density at radius 1 is 1.12 bits per heavy atom. The molecule has 0 bridgehead atoms. The van der Waals surface area contributed by atoms with E-state index in [-0.39, 0.29) is 16.3 Å². The second kappa shape index (κ2) is 7.96. The predicted octanol–water partition coefficient (Wildman–Crippen LogP) is 3.66. The highest BCUT2D eigenvalue weighted by Gasteiger charge is 2.18. The van der Waals surface area contributed by atoms with Crippen molar-refractivity contribution in [2.24, 2.45) is 0 Å². The zero-order chi connectivity index (χ0) is 18.6. The van der Waals surface area contributed by atoms with Crippen molar-refractivity contribution in [1.29, 1.82) is 0 Å². The molecule has 0 radical (unpaired) electrons. The van der Waals surface area contributed by atoms with Crippen LogP contribution in [-0.4, -0.2) is 22.8 Å². The maximum absolute atomic E-state index is 12.1. The van der Waals surface area contributed by atoms with Gasteiger partial charge in [-0.15, -0.1) is 0 Å². The van der Waals surface area contributed by atoms with Crippen LogP contribution in [0.2, 0.25) is 10.0 Å². The molecule has 0 aliphatic rings.